The van der Waals surface area contributed by atoms with Crippen LogP contribution in [0, 0.1) is 20.3 Å². The van der Waals surface area contributed by atoms with Gasteiger partial charge in [-0.3, -0.25) is 0 Å². The zero-order valence-electron chi connectivity index (χ0n) is 10.6. The van der Waals surface area contributed by atoms with Gasteiger partial charge in [-0.25, -0.2) is 0 Å². The van der Waals surface area contributed by atoms with Gasteiger partial charge in [0.05, 0.1) is 0 Å². The predicted octanol–water partition coefficient (Wildman–Crippen LogP) is 4.62. The zero-order chi connectivity index (χ0) is 12.3. The molecule has 0 atom stereocenters. The van der Waals surface area contributed by atoms with E-state index in [0.717, 1.165) is 11.4 Å². The van der Waals surface area contributed by atoms with Gasteiger partial charge in [0.2, 0.25) is 0 Å². The van der Waals surface area contributed by atoms with Gasteiger partial charge in [0.15, 0.2) is 0 Å². The third-order valence-corrected chi connectivity index (χ3v) is 2.94. The molecular formula is C16H18N. The molecule has 0 spiro atoms. The van der Waals surface area contributed by atoms with Gasteiger partial charge < -0.3 is 5.32 Å². The van der Waals surface area contributed by atoms with E-state index >= 15 is 0 Å². The number of benzene rings is 2. The molecule has 0 bridgehead atoms. The van der Waals surface area contributed by atoms with Gasteiger partial charge in [-0.1, -0.05) is 25.1 Å². The number of rotatable bonds is 3. The highest BCUT2D eigenvalue weighted by atomic mass is 14.9. The molecule has 1 nitrogen and oxygen atoms in total. The van der Waals surface area contributed by atoms with Gasteiger partial charge in [-0.15, -0.1) is 0 Å². The van der Waals surface area contributed by atoms with E-state index in [1.54, 1.807) is 0 Å². The van der Waals surface area contributed by atoms with Gasteiger partial charge in [-0.2, -0.15) is 0 Å². The Hall–Kier alpha value is -1.76. The fourth-order valence-electron chi connectivity index (χ4n) is 2.19. The first-order chi connectivity index (χ1) is 8.20. The average molecular weight is 224 g/mol. The molecule has 1 heteroatoms. The molecule has 0 aliphatic rings. The predicted molar refractivity (Wildman–Crippen MR) is 74.7 cm³/mol. The van der Waals surface area contributed by atoms with Crippen LogP contribution in [0.5, 0.6) is 0 Å². The molecule has 2 aromatic carbocycles. The van der Waals surface area contributed by atoms with E-state index in [9.17, 15) is 0 Å². The summed E-state index contributed by atoms with van der Waals surface area (Å²) in [4.78, 5) is 0. The van der Waals surface area contributed by atoms with Crippen molar-refractivity contribution in [1.82, 2.24) is 0 Å². The molecule has 17 heavy (non-hydrogen) atoms. The number of para-hydroxylation sites is 1. The molecule has 0 fully saturated rings. The van der Waals surface area contributed by atoms with Crippen molar-refractivity contribution in [3.05, 3.63) is 65.6 Å². The third kappa shape index (κ3) is 2.68. The fraction of sp³-hybridized carbons (Fsp3) is 0.188. The first kappa shape index (κ1) is 11.7. The van der Waals surface area contributed by atoms with Crippen molar-refractivity contribution in [2.24, 2.45) is 0 Å². The van der Waals surface area contributed by atoms with Gasteiger partial charge in [0.1, 0.15) is 0 Å². The lowest BCUT2D eigenvalue weighted by Crippen LogP contribution is -1.95. The second kappa shape index (κ2) is 5.05. The minimum Gasteiger partial charge on any atom is -0.356 e. The highest BCUT2D eigenvalue weighted by Crippen LogP contribution is 2.24. The average Bonchev–Trinajstić information content (AvgIpc) is 2.30. The maximum Gasteiger partial charge on any atom is 0.0389 e. The Morgan fingerprint density at radius 2 is 1.47 bits per heavy atom. The van der Waals surface area contributed by atoms with Crippen molar-refractivity contribution in [3.63, 3.8) is 0 Å². The summed E-state index contributed by atoms with van der Waals surface area (Å²) in [6, 6.07) is 14.6. The fourth-order valence-corrected chi connectivity index (χ4v) is 2.19. The van der Waals surface area contributed by atoms with Crippen LogP contribution in [0.4, 0.5) is 11.4 Å². The molecule has 0 aliphatic heterocycles. The van der Waals surface area contributed by atoms with E-state index in [2.05, 4.69) is 56.8 Å². The Balaban J connectivity index is 2.29. The van der Waals surface area contributed by atoms with Crippen LogP contribution in [0.2, 0.25) is 0 Å². The number of anilines is 2. The van der Waals surface area contributed by atoms with Crippen molar-refractivity contribution in [3.8, 4) is 0 Å². The number of nitrogens with one attached hydrogen (secondary N) is 1. The second-order valence-corrected chi connectivity index (χ2v) is 4.30. The van der Waals surface area contributed by atoms with Gasteiger partial charge >= 0.3 is 0 Å². The second-order valence-electron chi connectivity index (χ2n) is 4.30. The normalized spacial score (nSPS) is 10.3. The summed E-state index contributed by atoms with van der Waals surface area (Å²) in [5.74, 6) is 0. The summed E-state index contributed by atoms with van der Waals surface area (Å²) in [7, 11) is 0. The highest BCUT2D eigenvalue weighted by Gasteiger charge is 2.03. The molecule has 87 valence electrons. The maximum absolute atomic E-state index is 3.42. The Morgan fingerprint density at radius 1 is 0.882 bits per heavy atom. The van der Waals surface area contributed by atoms with E-state index in [0.29, 0.717) is 0 Å². The molecule has 0 saturated heterocycles. The lowest BCUT2D eigenvalue weighted by molar-refractivity contribution is 1.26. The van der Waals surface area contributed by atoms with Crippen LogP contribution < -0.4 is 5.32 Å². The SMILES string of the molecule is C[CH]c1c(C)cc(Nc2ccccc2)cc1C. The molecule has 0 amide bonds. The standard InChI is InChI=1S/C16H18N/c1-4-16-12(2)10-15(11-13(16)3)17-14-8-6-5-7-9-14/h4-11,17H,1-3H3. The van der Waals surface area contributed by atoms with Crippen molar-refractivity contribution in [1.29, 1.82) is 0 Å². The Bertz CT molecular complexity index is 477. The molecule has 0 saturated carbocycles. The van der Waals surface area contributed by atoms with E-state index in [-0.39, 0.29) is 0 Å². The summed E-state index contributed by atoms with van der Waals surface area (Å²) < 4.78 is 0. The number of hydrogen-bond acceptors (Lipinski definition) is 1. The van der Waals surface area contributed by atoms with Crippen LogP contribution in [-0.2, 0) is 0 Å². The van der Waals surface area contributed by atoms with E-state index in [4.69, 9.17) is 0 Å². The number of aryl methyl sites for hydroxylation is 2. The molecule has 1 N–H and O–H groups in total. The van der Waals surface area contributed by atoms with Crippen molar-refractivity contribution >= 4 is 11.4 Å². The van der Waals surface area contributed by atoms with E-state index in [1.165, 1.54) is 16.7 Å². The Morgan fingerprint density at radius 3 is 2.00 bits per heavy atom. The first-order valence-electron chi connectivity index (χ1n) is 5.93. The van der Waals surface area contributed by atoms with Gasteiger partial charge in [-0.05, 0) is 61.2 Å². The first-order valence-corrected chi connectivity index (χ1v) is 5.93. The molecule has 0 heterocycles. The summed E-state index contributed by atoms with van der Waals surface area (Å²) in [5.41, 5.74) is 6.23. The molecular weight excluding hydrogens is 206 g/mol. The van der Waals surface area contributed by atoms with Crippen molar-refractivity contribution in [2.75, 3.05) is 5.32 Å². The van der Waals surface area contributed by atoms with Gasteiger partial charge in [0, 0.05) is 11.4 Å². The smallest absolute Gasteiger partial charge is 0.0389 e. The van der Waals surface area contributed by atoms with Crippen molar-refractivity contribution < 1.29 is 0 Å². The summed E-state index contributed by atoms with van der Waals surface area (Å²) >= 11 is 0. The van der Waals surface area contributed by atoms with Gasteiger partial charge in [0.25, 0.3) is 0 Å². The van der Waals surface area contributed by atoms with Crippen LogP contribution in [-0.4, -0.2) is 0 Å². The summed E-state index contributed by atoms with van der Waals surface area (Å²) in [5, 5.41) is 3.42. The number of hydrogen-bond donors (Lipinski definition) is 1. The van der Waals surface area contributed by atoms with Crippen LogP contribution in [0.1, 0.15) is 23.6 Å². The van der Waals surface area contributed by atoms with Crippen LogP contribution in [0.15, 0.2) is 42.5 Å². The largest absolute Gasteiger partial charge is 0.356 e. The van der Waals surface area contributed by atoms with E-state index < -0.39 is 0 Å². The highest BCUT2D eigenvalue weighted by molar-refractivity contribution is 5.63. The maximum atomic E-state index is 3.42. The molecule has 0 aromatic heterocycles. The minimum atomic E-state index is 1.12. The lowest BCUT2D eigenvalue weighted by atomic mass is 10.00. The molecule has 0 unspecified atom stereocenters. The summed E-state index contributed by atoms with van der Waals surface area (Å²) in [6.45, 7) is 6.39. The topological polar surface area (TPSA) is 12.0 Å². The Labute approximate surface area is 103 Å². The zero-order valence-corrected chi connectivity index (χ0v) is 10.6. The molecule has 1 radical (unpaired) electrons. The third-order valence-electron chi connectivity index (χ3n) is 2.94. The Kier molecular flexibility index (Phi) is 3.48. The van der Waals surface area contributed by atoms with Crippen LogP contribution in [0.25, 0.3) is 0 Å². The van der Waals surface area contributed by atoms with Crippen LogP contribution in [0.3, 0.4) is 0 Å². The van der Waals surface area contributed by atoms with Crippen molar-refractivity contribution in [2.45, 2.75) is 20.8 Å². The monoisotopic (exact) mass is 224 g/mol. The van der Waals surface area contributed by atoms with E-state index in [1.807, 2.05) is 18.2 Å². The van der Waals surface area contributed by atoms with Crippen LogP contribution >= 0.6 is 0 Å². The molecule has 2 rings (SSSR count). The quantitative estimate of drug-likeness (QED) is 0.802. The minimum absolute atomic E-state index is 1.12. The summed E-state index contributed by atoms with van der Waals surface area (Å²) in [6.07, 6.45) is 2.16. The molecule has 2 aromatic rings. The lowest BCUT2D eigenvalue weighted by Gasteiger charge is -2.12. The molecule has 0 aliphatic carbocycles.